The molecule has 0 saturated heterocycles. The molecule has 0 fully saturated rings. The molecule has 0 rings (SSSR count). The highest BCUT2D eigenvalue weighted by molar-refractivity contribution is 5.56. The molecule has 0 aromatic carbocycles. The zero-order valence-electron chi connectivity index (χ0n) is 9.94. The van der Waals surface area contributed by atoms with E-state index in [9.17, 15) is 25.2 Å². The van der Waals surface area contributed by atoms with Crippen molar-refractivity contribution in [1.82, 2.24) is 0 Å². The second kappa shape index (κ2) is 8.54. The van der Waals surface area contributed by atoms with E-state index in [0.717, 1.165) is 12.8 Å². The van der Waals surface area contributed by atoms with E-state index >= 15 is 0 Å². The van der Waals surface area contributed by atoms with Gasteiger partial charge >= 0.3 is 0 Å². The predicted molar refractivity (Wildman–Crippen MR) is 60.2 cm³/mol. The maximum atomic E-state index is 10.2. The molecular weight excluding hydrogens is 228 g/mol. The van der Waals surface area contributed by atoms with Gasteiger partial charge in [0.25, 0.3) is 0 Å². The van der Waals surface area contributed by atoms with Crippen LogP contribution in [-0.2, 0) is 4.79 Å². The fourth-order valence-corrected chi connectivity index (χ4v) is 1.49. The summed E-state index contributed by atoms with van der Waals surface area (Å²) in [5.41, 5.74) is 0. The summed E-state index contributed by atoms with van der Waals surface area (Å²) in [5, 5.41) is 46.7. The molecule has 0 aromatic rings. The molecule has 17 heavy (non-hydrogen) atoms. The van der Waals surface area contributed by atoms with Gasteiger partial charge in [0, 0.05) is 0 Å². The highest BCUT2D eigenvalue weighted by atomic mass is 16.4. The third kappa shape index (κ3) is 5.56. The van der Waals surface area contributed by atoms with Crippen LogP contribution < -0.4 is 0 Å². The SMILES string of the molecule is CCCCCC(O)[C@@H](O)[C@@H](O)[C@H](O)[C@@H](O)C=O. The zero-order chi connectivity index (χ0) is 13.4. The van der Waals surface area contributed by atoms with Crippen LogP contribution in [0.3, 0.4) is 0 Å². The van der Waals surface area contributed by atoms with Crippen molar-refractivity contribution in [3.05, 3.63) is 0 Å². The van der Waals surface area contributed by atoms with Crippen molar-refractivity contribution in [3.8, 4) is 0 Å². The highest BCUT2D eigenvalue weighted by Gasteiger charge is 2.33. The minimum atomic E-state index is -1.80. The summed E-state index contributed by atoms with van der Waals surface area (Å²) < 4.78 is 0. The summed E-state index contributed by atoms with van der Waals surface area (Å²) in [5.74, 6) is 0. The van der Waals surface area contributed by atoms with Gasteiger partial charge in [-0.1, -0.05) is 26.2 Å². The van der Waals surface area contributed by atoms with Crippen LogP contribution in [-0.4, -0.2) is 62.3 Å². The van der Waals surface area contributed by atoms with E-state index in [0.29, 0.717) is 6.42 Å². The monoisotopic (exact) mass is 250 g/mol. The number of unbranched alkanes of at least 4 members (excludes halogenated alkanes) is 2. The second-order valence-corrected chi connectivity index (χ2v) is 4.16. The van der Waals surface area contributed by atoms with Gasteiger partial charge in [-0.15, -0.1) is 0 Å². The molecule has 0 spiro atoms. The Morgan fingerprint density at radius 1 is 0.941 bits per heavy atom. The molecule has 0 heterocycles. The van der Waals surface area contributed by atoms with Gasteiger partial charge in [-0.3, -0.25) is 0 Å². The number of rotatable bonds is 9. The molecule has 0 aromatic heterocycles. The van der Waals surface area contributed by atoms with Gasteiger partial charge in [0.05, 0.1) is 6.10 Å². The molecule has 0 aliphatic heterocycles. The van der Waals surface area contributed by atoms with Crippen LogP contribution in [0.2, 0.25) is 0 Å². The molecule has 0 amide bonds. The summed E-state index contributed by atoms with van der Waals surface area (Å²) in [6.07, 6.45) is -5.23. The number of aldehydes is 1. The Bertz CT molecular complexity index is 210. The summed E-state index contributed by atoms with van der Waals surface area (Å²) in [6, 6.07) is 0. The first-order valence-corrected chi connectivity index (χ1v) is 5.81. The lowest BCUT2D eigenvalue weighted by Crippen LogP contribution is -2.49. The average Bonchev–Trinajstić information content (AvgIpc) is 2.35. The molecule has 5 atom stereocenters. The minimum Gasteiger partial charge on any atom is -0.390 e. The summed E-state index contributed by atoms with van der Waals surface area (Å²) in [6.45, 7) is 1.99. The molecule has 5 N–H and O–H groups in total. The summed E-state index contributed by atoms with van der Waals surface area (Å²) in [4.78, 5) is 10.2. The van der Waals surface area contributed by atoms with E-state index in [1.165, 1.54) is 0 Å². The Balaban J connectivity index is 4.17. The fourth-order valence-electron chi connectivity index (χ4n) is 1.49. The number of carbonyl (C=O) groups is 1. The Morgan fingerprint density at radius 2 is 1.53 bits per heavy atom. The van der Waals surface area contributed by atoms with Crippen molar-refractivity contribution in [2.75, 3.05) is 0 Å². The highest BCUT2D eigenvalue weighted by Crippen LogP contribution is 2.13. The van der Waals surface area contributed by atoms with Crippen molar-refractivity contribution >= 4 is 6.29 Å². The van der Waals surface area contributed by atoms with Gasteiger partial charge in [-0.25, -0.2) is 0 Å². The minimum absolute atomic E-state index is 0.0596. The smallest absolute Gasteiger partial charge is 0.151 e. The van der Waals surface area contributed by atoms with Crippen LogP contribution in [0.1, 0.15) is 32.6 Å². The largest absolute Gasteiger partial charge is 0.390 e. The molecule has 0 aliphatic carbocycles. The van der Waals surface area contributed by atoms with Gasteiger partial charge in [0.1, 0.15) is 24.4 Å². The number of aliphatic hydroxyl groups is 5. The van der Waals surface area contributed by atoms with Gasteiger partial charge in [0.15, 0.2) is 6.29 Å². The molecule has 6 nitrogen and oxygen atoms in total. The Hall–Kier alpha value is -0.530. The molecule has 6 heteroatoms. The molecule has 0 radical (unpaired) electrons. The van der Waals surface area contributed by atoms with E-state index in [1.54, 1.807) is 0 Å². The lowest BCUT2D eigenvalue weighted by molar-refractivity contribution is -0.145. The van der Waals surface area contributed by atoms with E-state index in [4.69, 9.17) is 5.11 Å². The van der Waals surface area contributed by atoms with E-state index in [2.05, 4.69) is 0 Å². The van der Waals surface area contributed by atoms with Crippen LogP contribution >= 0.6 is 0 Å². The topological polar surface area (TPSA) is 118 Å². The van der Waals surface area contributed by atoms with Crippen molar-refractivity contribution in [2.45, 2.75) is 63.1 Å². The standard InChI is InChI=1S/C11H22O6/c1-2-3-4-5-7(13)9(15)11(17)10(16)8(14)6-12/h6-11,13-17H,2-5H2,1H3/t7?,8-,9+,10+,11+/m0/s1. The summed E-state index contributed by atoms with van der Waals surface area (Å²) in [7, 11) is 0. The van der Waals surface area contributed by atoms with Crippen molar-refractivity contribution in [3.63, 3.8) is 0 Å². The second-order valence-electron chi connectivity index (χ2n) is 4.16. The Morgan fingerprint density at radius 3 is 2.00 bits per heavy atom. The lowest BCUT2D eigenvalue weighted by atomic mass is 9.96. The Kier molecular flexibility index (Phi) is 8.28. The van der Waals surface area contributed by atoms with Gasteiger partial charge in [-0.05, 0) is 6.42 Å². The lowest BCUT2D eigenvalue weighted by Gasteiger charge is -2.27. The quantitative estimate of drug-likeness (QED) is 0.253. The van der Waals surface area contributed by atoms with Crippen LogP contribution in [0, 0.1) is 0 Å². The van der Waals surface area contributed by atoms with Crippen molar-refractivity contribution in [2.24, 2.45) is 0 Å². The summed E-state index contributed by atoms with van der Waals surface area (Å²) >= 11 is 0. The van der Waals surface area contributed by atoms with Crippen LogP contribution in [0.5, 0.6) is 0 Å². The molecule has 0 aliphatic rings. The van der Waals surface area contributed by atoms with Crippen molar-refractivity contribution < 1.29 is 30.3 Å². The molecule has 0 bridgehead atoms. The van der Waals surface area contributed by atoms with E-state index < -0.39 is 30.5 Å². The third-order valence-electron chi connectivity index (χ3n) is 2.69. The van der Waals surface area contributed by atoms with Crippen LogP contribution in [0.15, 0.2) is 0 Å². The van der Waals surface area contributed by atoms with Gasteiger partial charge < -0.3 is 30.3 Å². The molecular formula is C11H22O6. The number of hydrogen-bond donors (Lipinski definition) is 5. The van der Waals surface area contributed by atoms with E-state index in [-0.39, 0.29) is 12.7 Å². The van der Waals surface area contributed by atoms with Gasteiger partial charge in [0.2, 0.25) is 0 Å². The van der Waals surface area contributed by atoms with Crippen molar-refractivity contribution in [1.29, 1.82) is 0 Å². The van der Waals surface area contributed by atoms with Gasteiger partial charge in [-0.2, -0.15) is 0 Å². The maximum absolute atomic E-state index is 10.2. The van der Waals surface area contributed by atoms with Crippen LogP contribution in [0.4, 0.5) is 0 Å². The number of hydrogen-bond acceptors (Lipinski definition) is 6. The molecule has 0 saturated carbocycles. The average molecular weight is 250 g/mol. The predicted octanol–water partition coefficient (Wildman–Crippen LogP) is -1.43. The molecule has 102 valence electrons. The Labute approximate surface area is 101 Å². The molecule has 1 unspecified atom stereocenters. The number of aliphatic hydroxyl groups excluding tert-OH is 5. The zero-order valence-corrected chi connectivity index (χ0v) is 9.94. The van der Waals surface area contributed by atoms with E-state index in [1.807, 2.05) is 6.92 Å². The normalized spacial score (nSPS) is 20.4. The third-order valence-corrected chi connectivity index (χ3v) is 2.69. The number of carbonyl (C=O) groups excluding carboxylic acids is 1. The maximum Gasteiger partial charge on any atom is 0.151 e. The van der Waals surface area contributed by atoms with Crippen LogP contribution in [0.25, 0.3) is 0 Å². The fraction of sp³-hybridized carbons (Fsp3) is 0.909. The first-order valence-electron chi connectivity index (χ1n) is 5.81. The first-order chi connectivity index (χ1) is 7.95. The first kappa shape index (κ1) is 16.5.